The molecule has 0 saturated heterocycles. The van der Waals surface area contributed by atoms with Crippen molar-refractivity contribution in [3.05, 3.63) is 132 Å². The van der Waals surface area contributed by atoms with Crippen LogP contribution >= 0.6 is 0 Å². The van der Waals surface area contributed by atoms with E-state index in [0.29, 0.717) is 5.92 Å². The Morgan fingerprint density at radius 2 is 1.48 bits per heavy atom. The lowest BCUT2D eigenvalue weighted by molar-refractivity contribution is 0.483. The number of nitrogens with zero attached hydrogens (tertiary/aromatic N) is 4. The SMILES string of the molecule is Cc1cccc(C)c1-c1cnn(-c2cccc(Oc3ccc4c5ccccc5n(-c5cc(C(C)C)ccn5)c4c3)c2)c1. The molecule has 0 aliphatic heterocycles. The topological polar surface area (TPSA) is 44.9 Å². The minimum Gasteiger partial charge on any atom is -0.457 e. The van der Waals surface area contributed by atoms with E-state index in [1.165, 1.54) is 33.0 Å². The van der Waals surface area contributed by atoms with Gasteiger partial charge in [-0.1, -0.05) is 56.3 Å². The van der Waals surface area contributed by atoms with E-state index < -0.39 is 0 Å². The van der Waals surface area contributed by atoms with Gasteiger partial charge in [-0.3, -0.25) is 4.57 Å². The highest BCUT2D eigenvalue weighted by Crippen LogP contribution is 2.36. The van der Waals surface area contributed by atoms with E-state index in [4.69, 9.17) is 9.72 Å². The Bertz CT molecular complexity index is 2060. The maximum Gasteiger partial charge on any atom is 0.137 e. The lowest BCUT2D eigenvalue weighted by atomic mass is 9.98. The molecule has 5 heteroatoms. The number of fused-ring (bicyclic) bond motifs is 3. The molecule has 206 valence electrons. The van der Waals surface area contributed by atoms with E-state index >= 15 is 0 Å². The van der Waals surface area contributed by atoms with Gasteiger partial charge >= 0.3 is 0 Å². The number of benzene rings is 4. The average Bonchev–Trinajstić information content (AvgIpc) is 3.60. The van der Waals surface area contributed by atoms with Crippen LogP contribution in [0.15, 0.2) is 116 Å². The van der Waals surface area contributed by atoms with Gasteiger partial charge in [-0.25, -0.2) is 9.67 Å². The number of aromatic nitrogens is 4. The summed E-state index contributed by atoms with van der Waals surface area (Å²) >= 11 is 0. The van der Waals surface area contributed by atoms with Crippen LogP contribution < -0.4 is 4.74 Å². The van der Waals surface area contributed by atoms with Crippen molar-refractivity contribution in [2.45, 2.75) is 33.6 Å². The molecule has 0 spiro atoms. The first-order valence-corrected chi connectivity index (χ1v) is 14.4. The predicted octanol–water partition coefficient (Wildman–Crippen LogP) is 9.56. The Balaban J connectivity index is 1.26. The van der Waals surface area contributed by atoms with Gasteiger partial charge in [0.2, 0.25) is 0 Å². The maximum absolute atomic E-state index is 6.45. The molecule has 0 aliphatic carbocycles. The van der Waals surface area contributed by atoms with Crippen LogP contribution in [-0.2, 0) is 0 Å². The van der Waals surface area contributed by atoms with Gasteiger partial charge in [0.15, 0.2) is 0 Å². The molecule has 0 N–H and O–H groups in total. The highest BCUT2D eigenvalue weighted by molar-refractivity contribution is 6.09. The molecule has 0 saturated carbocycles. The minimum absolute atomic E-state index is 0.414. The van der Waals surface area contributed by atoms with Crippen LogP contribution in [0.3, 0.4) is 0 Å². The summed E-state index contributed by atoms with van der Waals surface area (Å²) < 4.78 is 10.6. The van der Waals surface area contributed by atoms with Gasteiger partial charge in [0, 0.05) is 40.9 Å². The molecule has 0 unspecified atom stereocenters. The van der Waals surface area contributed by atoms with Crippen molar-refractivity contribution in [1.29, 1.82) is 0 Å². The molecule has 3 aromatic heterocycles. The molecule has 0 amide bonds. The summed E-state index contributed by atoms with van der Waals surface area (Å²) in [6, 6.07) is 33.5. The molecular weight excluding hydrogens is 516 g/mol. The number of rotatable bonds is 6. The number of ether oxygens (including phenoxy) is 1. The van der Waals surface area contributed by atoms with Gasteiger partial charge in [-0.15, -0.1) is 0 Å². The third-order valence-corrected chi connectivity index (χ3v) is 7.98. The first kappa shape index (κ1) is 25.8. The van der Waals surface area contributed by atoms with Crippen LogP contribution in [0.1, 0.15) is 36.5 Å². The van der Waals surface area contributed by atoms with Crippen LogP contribution in [0.25, 0.3) is 44.4 Å². The predicted molar refractivity (Wildman–Crippen MR) is 171 cm³/mol. The van der Waals surface area contributed by atoms with Crippen LogP contribution in [0, 0.1) is 13.8 Å². The van der Waals surface area contributed by atoms with Crippen molar-refractivity contribution in [2.24, 2.45) is 0 Å². The van der Waals surface area contributed by atoms with Gasteiger partial charge in [-0.05, 0) is 84.5 Å². The lowest BCUT2D eigenvalue weighted by Gasteiger charge is -2.12. The average molecular weight is 549 g/mol. The van der Waals surface area contributed by atoms with Gasteiger partial charge in [0.25, 0.3) is 0 Å². The second-order valence-electron chi connectivity index (χ2n) is 11.2. The molecule has 0 bridgehead atoms. The van der Waals surface area contributed by atoms with Gasteiger partial charge in [0.1, 0.15) is 17.3 Å². The molecule has 0 aliphatic rings. The summed E-state index contributed by atoms with van der Waals surface area (Å²) in [4.78, 5) is 4.77. The lowest BCUT2D eigenvalue weighted by Crippen LogP contribution is -1.99. The number of hydrogen-bond donors (Lipinski definition) is 0. The van der Waals surface area contributed by atoms with Crippen molar-refractivity contribution in [3.63, 3.8) is 0 Å². The number of hydrogen-bond acceptors (Lipinski definition) is 3. The highest BCUT2D eigenvalue weighted by atomic mass is 16.5. The normalized spacial score (nSPS) is 11.5. The Hall–Kier alpha value is -5.16. The fraction of sp³-hybridized carbons (Fsp3) is 0.135. The van der Waals surface area contributed by atoms with Crippen LogP contribution in [0.2, 0.25) is 0 Å². The molecule has 4 aromatic carbocycles. The van der Waals surface area contributed by atoms with E-state index in [2.05, 4.69) is 110 Å². The fourth-order valence-electron chi connectivity index (χ4n) is 5.86. The molecule has 0 radical (unpaired) electrons. The molecular formula is C37H32N4O. The van der Waals surface area contributed by atoms with Gasteiger partial charge < -0.3 is 4.74 Å². The van der Waals surface area contributed by atoms with Crippen LogP contribution in [0.4, 0.5) is 0 Å². The standard InChI is InChI=1S/C37H32N4O/c1-24(2)27-17-18-38-36(19-27)41-34-14-6-5-13-32(34)33-16-15-31(21-35(33)41)42-30-12-8-11-29(20-30)40-23-28(22-39-40)37-25(3)9-7-10-26(37)4/h5-24H,1-4H3. The summed E-state index contributed by atoms with van der Waals surface area (Å²) in [5.41, 5.74) is 9.20. The summed E-state index contributed by atoms with van der Waals surface area (Å²) in [6.45, 7) is 8.70. The number of para-hydroxylation sites is 1. The largest absolute Gasteiger partial charge is 0.457 e. The van der Waals surface area contributed by atoms with E-state index in [9.17, 15) is 0 Å². The summed E-state index contributed by atoms with van der Waals surface area (Å²) in [5.74, 6) is 2.83. The summed E-state index contributed by atoms with van der Waals surface area (Å²) in [6.07, 6.45) is 5.91. The first-order chi connectivity index (χ1) is 20.5. The zero-order valence-corrected chi connectivity index (χ0v) is 24.2. The minimum atomic E-state index is 0.414. The van der Waals surface area contributed by atoms with Gasteiger partial charge in [0.05, 0.1) is 22.9 Å². The zero-order valence-electron chi connectivity index (χ0n) is 24.2. The third kappa shape index (κ3) is 4.53. The van der Waals surface area contributed by atoms with E-state index in [0.717, 1.165) is 39.6 Å². The Morgan fingerprint density at radius 3 is 2.31 bits per heavy atom. The van der Waals surface area contributed by atoms with Crippen molar-refractivity contribution in [2.75, 3.05) is 0 Å². The van der Waals surface area contributed by atoms with Crippen molar-refractivity contribution in [3.8, 4) is 34.1 Å². The van der Waals surface area contributed by atoms with Crippen LogP contribution in [0.5, 0.6) is 11.5 Å². The summed E-state index contributed by atoms with van der Waals surface area (Å²) in [7, 11) is 0. The van der Waals surface area contributed by atoms with E-state index in [-0.39, 0.29) is 0 Å². The maximum atomic E-state index is 6.45. The summed E-state index contributed by atoms with van der Waals surface area (Å²) in [5, 5.41) is 7.03. The van der Waals surface area contributed by atoms with Crippen molar-refractivity contribution in [1.82, 2.24) is 19.3 Å². The molecule has 7 rings (SSSR count). The third-order valence-electron chi connectivity index (χ3n) is 7.98. The highest BCUT2D eigenvalue weighted by Gasteiger charge is 2.15. The second-order valence-corrected chi connectivity index (χ2v) is 11.2. The monoisotopic (exact) mass is 548 g/mol. The molecule has 42 heavy (non-hydrogen) atoms. The Labute approximate surface area is 245 Å². The zero-order chi connectivity index (χ0) is 28.8. The van der Waals surface area contributed by atoms with Gasteiger partial charge in [-0.2, -0.15) is 5.10 Å². The quantitative estimate of drug-likeness (QED) is 0.208. The number of aryl methyl sites for hydroxylation is 2. The van der Waals surface area contributed by atoms with Crippen LogP contribution in [-0.4, -0.2) is 19.3 Å². The van der Waals surface area contributed by atoms with Crippen molar-refractivity contribution >= 4 is 21.8 Å². The number of pyridine rings is 1. The molecule has 0 atom stereocenters. The molecule has 0 fully saturated rings. The Morgan fingerprint density at radius 1 is 0.714 bits per heavy atom. The van der Waals surface area contributed by atoms with Crippen molar-refractivity contribution < 1.29 is 4.74 Å². The Kier molecular flexibility index (Phi) is 6.35. The fourth-order valence-corrected chi connectivity index (χ4v) is 5.86. The second kappa shape index (κ2) is 10.3. The molecule has 5 nitrogen and oxygen atoms in total. The van der Waals surface area contributed by atoms with E-state index in [1.807, 2.05) is 47.4 Å². The smallest absolute Gasteiger partial charge is 0.137 e. The molecule has 3 heterocycles. The molecule has 7 aromatic rings. The first-order valence-electron chi connectivity index (χ1n) is 14.4. The van der Waals surface area contributed by atoms with E-state index in [1.54, 1.807) is 0 Å².